The Morgan fingerprint density at radius 1 is 1.29 bits per heavy atom. The number of hydrogen-bond acceptors (Lipinski definition) is 2. The number of oxazole rings is 1. The fourth-order valence-corrected chi connectivity index (χ4v) is 1.30. The van der Waals surface area contributed by atoms with E-state index in [2.05, 4.69) is 4.98 Å². The second-order valence-corrected chi connectivity index (χ2v) is 3.03. The zero-order valence-corrected chi connectivity index (χ0v) is 7.59. The van der Waals surface area contributed by atoms with Gasteiger partial charge in [-0.2, -0.15) is 0 Å². The number of nitrogens with zero attached hydrogens (tertiary/aromatic N) is 1. The van der Waals surface area contributed by atoms with Crippen LogP contribution in [0.2, 0.25) is 0 Å². The molecule has 0 saturated heterocycles. The van der Waals surface area contributed by atoms with Gasteiger partial charge in [0, 0.05) is 0 Å². The van der Waals surface area contributed by atoms with Crippen LogP contribution in [0.3, 0.4) is 0 Å². The zero-order chi connectivity index (χ0) is 9.80. The maximum absolute atomic E-state index is 11.7. The molecule has 1 unspecified atom stereocenters. The Labute approximate surface area is 82.0 Å². The van der Waals surface area contributed by atoms with Gasteiger partial charge < -0.3 is 4.42 Å². The molecule has 0 aliphatic heterocycles. The highest BCUT2D eigenvalue weighted by Crippen LogP contribution is 2.17. The summed E-state index contributed by atoms with van der Waals surface area (Å²) in [5, 5.41) is 11.7. The van der Waals surface area contributed by atoms with E-state index in [4.69, 9.17) is 4.42 Å². The molecule has 0 aliphatic carbocycles. The molecule has 3 nitrogen and oxygen atoms in total. The quantitative estimate of drug-likeness (QED) is 0.742. The van der Waals surface area contributed by atoms with Gasteiger partial charge in [0.2, 0.25) is 0 Å². The molecule has 1 aromatic heterocycles. The van der Waals surface area contributed by atoms with E-state index in [-0.39, 0.29) is 0 Å². The molecule has 0 saturated carbocycles. The van der Waals surface area contributed by atoms with Crippen molar-refractivity contribution in [3.8, 4) is 0 Å². The molecule has 71 valence electrons. The Morgan fingerprint density at radius 3 is 2.71 bits per heavy atom. The number of hydrogen-bond donors (Lipinski definition) is 0. The molecular weight excluding hydrogens is 178 g/mol. The van der Waals surface area contributed by atoms with Crippen molar-refractivity contribution < 1.29 is 9.52 Å². The van der Waals surface area contributed by atoms with Crippen LogP contribution >= 0.6 is 0 Å². The standard InChI is InChI=1S/C11H10NO2/c13-10(8-11-12-6-7-14-11)9-4-2-1-3-5-9/h1-7,10H,8H2. The maximum atomic E-state index is 11.7. The van der Waals surface area contributed by atoms with Crippen molar-refractivity contribution >= 4 is 0 Å². The Balaban J connectivity index is 2.07. The van der Waals surface area contributed by atoms with Gasteiger partial charge >= 0.3 is 0 Å². The van der Waals surface area contributed by atoms with E-state index in [1.165, 1.54) is 6.26 Å². The molecule has 1 aromatic carbocycles. The highest BCUT2D eigenvalue weighted by Gasteiger charge is 2.12. The topological polar surface area (TPSA) is 45.9 Å². The van der Waals surface area contributed by atoms with Gasteiger partial charge in [0.15, 0.2) is 5.89 Å². The lowest BCUT2D eigenvalue weighted by Crippen LogP contribution is -1.99. The second-order valence-electron chi connectivity index (χ2n) is 3.03. The summed E-state index contributed by atoms with van der Waals surface area (Å²) in [4.78, 5) is 3.92. The van der Waals surface area contributed by atoms with E-state index in [0.29, 0.717) is 12.3 Å². The van der Waals surface area contributed by atoms with E-state index >= 15 is 0 Å². The molecule has 0 N–H and O–H groups in total. The third-order valence-corrected chi connectivity index (χ3v) is 2.01. The van der Waals surface area contributed by atoms with Crippen molar-refractivity contribution in [1.82, 2.24) is 4.98 Å². The average molecular weight is 188 g/mol. The van der Waals surface area contributed by atoms with Crippen molar-refractivity contribution in [3.63, 3.8) is 0 Å². The first kappa shape index (κ1) is 8.97. The molecule has 1 radical (unpaired) electrons. The molecule has 0 fully saturated rings. The van der Waals surface area contributed by atoms with Crippen LogP contribution in [0.5, 0.6) is 0 Å². The molecular formula is C11H10NO2. The highest BCUT2D eigenvalue weighted by molar-refractivity contribution is 5.17. The van der Waals surface area contributed by atoms with Gasteiger partial charge in [-0.25, -0.2) is 10.1 Å². The molecule has 0 amide bonds. The number of benzene rings is 1. The van der Waals surface area contributed by atoms with Crippen LogP contribution in [0.1, 0.15) is 17.6 Å². The summed E-state index contributed by atoms with van der Waals surface area (Å²) in [5.41, 5.74) is 0.769. The molecule has 1 heterocycles. The molecule has 0 spiro atoms. The molecule has 1 atom stereocenters. The first-order valence-corrected chi connectivity index (χ1v) is 4.45. The Bertz CT molecular complexity index is 369. The van der Waals surface area contributed by atoms with E-state index in [9.17, 15) is 5.11 Å². The third-order valence-electron chi connectivity index (χ3n) is 2.01. The van der Waals surface area contributed by atoms with Crippen molar-refractivity contribution in [3.05, 3.63) is 54.2 Å². The first-order valence-electron chi connectivity index (χ1n) is 4.45. The predicted octanol–water partition coefficient (Wildman–Crippen LogP) is 2.39. The first-order chi connectivity index (χ1) is 6.86. The van der Waals surface area contributed by atoms with Gasteiger partial charge in [-0.3, -0.25) is 0 Å². The second kappa shape index (κ2) is 4.07. The Kier molecular flexibility index (Phi) is 2.60. The van der Waals surface area contributed by atoms with E-state index in [0.717, 1.165) is 5.56 Å². The fraction of sp³-hybridized carbons (Fsp3) is 0.182. The minimum absolute atomic E-state index is 0.303. The lowest BCUT2D eigenvalue weighted by Gasteiger charge is -2.04. The number of aromatic nitrogens is 1. The van der Waals surface area contributed by atoms with Crippen molar-refractivity contribution in [1.29, 1.82) is 0 Å². The average Bonchev–Trinajstić information content (AvgIpc) is 2.72. The summed E-state index contributed by atoms with van der Waals surface area (Å²) in [6, 6.07) is 9.24. The van der Waals surface area contributed by atoms with Crippen LogP contribution in [0.15, 0.2) is 47.2 Å². The van der Waals surface area contributed by atoms with Gasteiger partial charge in [-0.15, -0.1) is 0 Å². The van der Waals surface area contributed by atoms with E-state index < -0.39 is 6.10 Å². The van der Waals surface area contributed by atoms with Crippen LogP contribution in [0.25, 0.3) is 0 Å². The molecule has 2 rings (SSSR count). The van der Waals surface area contributed by atoms with Gasteiger partial charge in [-0.1, -0.05) is 30.3 Å². The van der Waals surface area contributed by atoms with Crippen LogP contribution in [-0.2, 0) is 11.5 Å². The SMILES string of the molecule is [O]C(Cc1ncco1)c1ccccc1. The van der Waals surface area contributed by atoms with Crippen LogP contribution < -0.4 is 0 Å². The predicted molar refractivity (Wildman–Crippen MR) is 50.1 cm³/mol. The van der Waals surface area contributed by atoms with E-state index in [1.807, 2.05) is 30.3 Å². The van der Waals surface area contributed by atoms with E-state index in [1.54, 1.807) is 6.20 Å². The monoisotopic (exact) mass is 188 g/mol. The van der Waals surface area contributed by atoms with Crippen LogP contribution in [0.4, 0.5) is 0 Å². The largest absolute Gasteiger partial charge is 0.449 e. The highest BCUT2D eigenvalue weighted by atomic mass is 16.3. The summed E-state index contributed by atoms with van der Waals surface area (Å²) in [7, 11) is 0. The van der Waals surface area contributed by atoms with Crippen molar-refractivity contribution in [2.75, 3.05) is 0 Å². The minimum atomic E-state index is -0.796. The summed E-state index contributed by atoms with van der Waals surface area (Å²) < 4.78 is 5.01. The summed E-state index contributed by atoms with van der Waals surface area (Å²) in [6.07, 6.45) is 2.53. The fourth-order valence-electron chi connectivity index (χ4n) is 1.30. The maximum Gasteiger partial charge on any atom is 0.197 e. The normalized spacial score (nSPS) is 12.6. The lowest BCUT2D eigenvalue weighted by molar-refractivity contribution is 0.0833. The Morgan fingerprint density at radius 2 is 2.07 bits per heavy atom. The van der Waals surface area contributed by atoms with Crippen molar-refractivity contribution in [2.45, 2.75) is 12.5 Å². The van der Waals surface area contributed by atoms with Crippen LogP contribution in [0, 0.1) is 0 Å². The van der Waals surface area contributed by atoms with Gasteiger partial charge in [0.25, 0.3) is 0 Å². The van der Waals surface area contributed by atoms with Gasteiger partial charge in [-0.05, 0) is 5.56 Å². The number of rotatable bonds is 3. The molecule has 2 aromatic rings. The van der Waals surface area contributed by atoms with Gasteiger partial charge in [0.1, 0.15) is 12.4 Å². The summed E-state index contributed by atoms with van der Waals surface area (Å²) in [5.74, 6) is 0.494. The molecule has 14 heavy (non-hydrogen) atoms. The Hall–Kier alpha value is -1.61. The van der Waals surface area contributed by atoms with Crippen LogP contribution in [-0.4, -0.2) is 4.98 Å². The zero-order valence-electron chi connectivity index (χ0n) is 7.59. The summed E-state index contributed by atoms with van der Waals surface area (Å²) in [6.45, 7) is 0. The lowest BCUT2D eigenvalue weighted by atomic mass is 10.1. The third kappa shape index (κ3) is 2.00. The summed E-state index contributed by atoms with van der Waals surface area (Å²) >= 11 is 0. The molecule has 0 bridgehead atoms. The minimum Gasteiger partial charge on any atom is -0.449 e. The molecule has 3 heteroatoms. The smallest absolute Gasteiger partial charge is 0.197 e. The molecule has 0 aliphatic rings. The van der Waals surface area contributed by atoms with Crippen molar-refractivity contribution in [2.24, 2.45) is 0 Å². The van der Waals surface area contributed by atoms with Gasteiger partial charge in [0.05, 0.1) is 12.6 Å².